The second-order valence-corrected chi connectivity index (χ2v) is 7.06. The van der Waals surface area contributed by atoms with E-state index in [0.29, 0.717) is 25.9 Å². The highest BCUT2D eigenvalue weighted by Gasteiger charge is 2.21. The van der Waals surface area contributed by atoms with Gasteiger partial charge in [0.05, 0.1) is 0 Å². The molecule has 1 heterocycles. The topological polar surface area (TPSA) is 69.6 Å². The Morgan fingerprint density at radius 2 is 1.71 bits per heavy atom. The predicted octanol–water partition coefficient (Wildman–Crippen LogP) is 3.96. The summed E-state index contributed by atoms with van der Waals surface area (Å²) in [6.45, 7) is 1.22. The zero-order chi connectivity index (χ0) is 19.8. The number of nitrogens with one attached hydrogen (secondary N) is 1. The number of carboxylic acids is 1. The van der Waals surface area contributed by atoms with Crippen LogP contribution in [-0.4, -0.2) is 41.1 Å². The maximum absolute atomic E-state index is 12.7. The Morgan fingerprint density at radius 1 is 1.04 bits per heavy atom. The Morgan fingerprint density at radius 3 is 2.32 bits per heavy atom. The van der Waals surface area contributed by atoms with Gasteiger partial charge in [-0.05, 0) is 36.0 Å². The van der Waals surface area contributed by atoms with E-state index in [1.807, 2.05) is 48.5 Å². The van der Waals surface area contributed by atoms with E-state index in [4.69, 9.17) is 5.11 Å². The number of carboxylic acid groups (broad SMARTS) is 1. The molecule has 0 radical (unpaired) electrons. The number of hydrogen-bond acceptors (Lipinski definition) is 2. The van der Waals surface area contributed by atoms with Gasteiger partial charge in [0.2, 0.25) is 0 Å². The van der Waals surface area contributed by atoms with Crippen LogP contribution in [0.4, 0.5) is 4.79 Å². The third-order valence-electron chi connectivity index (χ3n) is 5.00. The number of carbonyl (C=O) groups excluding carboxylic acids is 1. The van der Waals surface area contributed by atoms with Crippen LogP contribution < -0.4 is 5.32 Å². The number of nitrogens with zero attached hydrogens (tertiary/aromatic N) is 1. The molecule has 1 atom stereocenters. The van der Waals surface area contributed by atoms with Gasteiger partial charge in [-0.15, -0.1) is 0 Å². The fourth-order valence-corrected chi connectivity index (χ4v) is 3.46. The van der Waals surface area contributed by atoms with Crippen molar-refractivity contribution in [1.82, 2.24) is 10.2 Å². The van der Waals surface area contributed by atoms with Gasteiger partial charge in [-0.3, -0.25) is 4.79 Å². The quantitative estimate of drug-likeness (QED) is 0.766. The van der Waals surface area contributed by atoms with Crippen molar-refractivity contribution in [3.63, 3.8) is 0 Å². The Hall–Kier alpha value is -3.08. The van der Waals surface area contributed by atoms with Crippen molar-refractivity contribution in [3.05, 3.63) is 77.9 Å². The minimum absolute atomic E-state index is 0.0375. The van der Waals surface area contributed by atoms with Crippen LogP contribution >= 0.6 is 0 Å². The summed E-state index contributed by atoms with van der Waals surface area (Å²) in [5.41, 5.74) is 3.55. The molecular formula is C23H26N2O3. The number of amides is 2. The SMILES string of the molecule is O=C(O)CCC(Cc1ccccc1)NC(=O)N1CC=C(c2ccccc2)CC1. The van der Waals surface area contributed by atoms with Crippen LogP contribution in [-0.2, 0) is 11.2 Å². The summed E-state index contributed by atoms with van der Waals surface area (Å²) in [7, 11) is 0. The molecule has 0 bridgehead atoms. The summed E-state index contributed by atoms with van der Waals surface area (Å²) in [5.74, 6) is -0.847. The van der Waals surface area contributed by atoms with Gasteiger partial charge in [0.25, 0.3) is 0 Å². The van der Waals surface area contributed by atoms with Gasteiger partial charge in [0.15, 0.2) is 0 Å². The largest absolute Gasteiger partial charge is 0.481 e. The Balaban J connectivity index is 1.60. The molecule has 0 fully saturated rings. The van der Waals surface area contributed by atoms with E-state index >= 15 is 0 Å². The minimum atomic E-state index is -0.847. The number of hydrogen-bond donors (Lipinski definition) is 2. The van der Waals surface area contributed by atoms with Gasteiger partial charge < -0.3 is 15.3 Å². The minimum Gasteiger partial charge on any atom is -0.481 e. The van der Waals surface area contributed by atoms with E-state index in [0.717, 1.165) is 12.0 Å². The van der Waals surface area contributed by atoms with Gasteiger partial charge in [-0.2, -0.15) is 0 Å². The van der Waals surface area contributed by atoms with E-state index in [1.54, 1.807) is 4.90 Å². The highest BCUT2D eigenvalue weighted by atomic mass is 16.4. The van der Waals surface area contributed by atoms with Crippen LogP contribution in [0.15, 0.2) is 66.7 Å². The van der Waals surface area contributed by atoms with Crippen molar-refractivity contribution < 1.29 is 14.7 Å². The standard InChI is InChI=1S/C23H26N2O3/c26-22(27)12-11-21(17-18-7-3-1-4-8-18)24-23(28)25-15-13-20(14-16-25)19-9-5-2-6-10-19/h1-10,13,21H,11-12,14-17H2,(H,24,28)(H,26,27). The van der Waals surface area contributed by atoms with Gasteiger partial charge in [-0.25, -0.2) is 4.79 Å². The molecule has 5 heteroatoms. The van der Waals surface area contributed by atoms with Crippen molar-refractivity contribution in [2.45, 2.75) is 31.7 Å². The van der Waals surface area contributed by atoms with Gasteiger partial charge >= 0.3 is 12.0 Å². The van der Waals surface area contributed by atoms with E-state index in [1.165, 1.54) is 11.1 Å². The number of aliphatic carboxylic acids is 1. The molecular weight excluding hydrogens is 352 g/mol. The molecule has 5 nitrogen and oxygen atoms in total. The molecule has 146 valence electrons. The lowest BCUT2D eigenvalue weighted by atomic mass is 9.99. The average molecular weight is 378 g/mol. The molecule has 2 amide bonds. The van der Waals surface area contributed by atoms with Gasteiger partial charge in [0, 0.05) is 25.6 Å². The summed E-state index contributed by atoms with van der Waals surface area (Å²) in [4.78, 5) is 25.5. The first-order chi connectivity index (χ1) is 13.6. The lowest BCUT2D eigenvalue weighted by molar-refractivity contribution is -0.137. The smallest absolute Gasteiger partial charge is 0.317 e. The monoisotopic (exact) mass is 378 g/mol. The van der Waals surface area contributed by atoms with Gasteiger partial charge in [0.1, 0.15) is 0 Å². The Kier molecular flexibility index (Phi) is 6.84. The first kappa shape index (κ1) is 19.7. The third-order valence-corrected chi connectivity index (χ3v) is 5.00. The van der Waals surface area contributed by atoms with Crippen molar-refractivity contribution in [2.24, 2.45) is 0 Å². The molecule has 2 aromatic rings. The van der Waals surface area contributed by atoms with Crippen LogP contribution in [0.25, 0.3) is 5.57 Å². The summed E-state index contributed by atoms with van der Waals surface area (Å²) in [6.07, 6.45) is 3.99. The second-order valence-electron chi connectivity index (χ2n) is 7.06. The highest BCUT2D eigenvalue weighted by molar-refractivity contribution is 5.77. The number of carbonyl (C=O) groups is 2. The van der Waals surface area contributed by atoms with Crippen molar-refractivity contribution >= 4 is 17.6 Å². The molecule has 1 aliphatic rings. The van der Waals surface area contributed by atoms with Crippen LogP contribution in [0.5, 0.6) is 0 Å². The molecule has 1 unspecified atom stereocenters. The number of rotatable bonds is 7. The number of benzene rings is 2. The normalized spacial score (nSPS) is 14.9. The first-order valence-electron chi connectivity index (χ1n) is 9.67. The zero-order valence-electron chi connectivity index (χ0n) is 15.9. The van der Waals surface area contributed by atoms with Gasteiger partial charge in [-0.1, -0.05) is 66.7 Å². The van der Waals surface area contributed by atoms with Crippen LogP contribution in [0.3, 0.4) is 0 Å². The molecule has 0 saturated heterocycles. The number of urea groups is 1. The van der Waals surface area contributed by atoms with E-state index in [9.17, 15) is 9.59 Å². The van der Waals surface area contributed by atoms with Crippen molar-refractivity contribution in [2.75, 3.05) is 13.1 Å². The second kappa shape index (κ2) is 9.74. The average Bonchev–Trinajstić information content (AvgIpc) is 2.73. The zero-order valence-corrected chi connectivity index (χ0v) is 15.9. The molecule has 0 spiro atoms. The van der Waals surface area contributed by atoms with Crippen LogP contribution in [0.2, 0.25) is 0 Å². The molecule has 0 aromatic heterocycles. The molecule has 2 aromatic carbocycles. The third kappa shape index (κ3) is 5.71. The van der Waals surface area contributed by atoms with Crippen molar-refractivity contribution in [1.29, 1.82) is 0 Å². The van der Waals surface area contributed by atoms with Crippen molar-refractivity contribution in [3.8, 4) is 0 Å². The van der Waals surface area contributed by atoms with E-state index in [2.05, 4.69) is 23.5 Å². The lowest BCUT2D eigenvalue weighted by Gasteiger charge is -2.29. The van der Waals surface area contributed by atoms with Crippen LogP contribution in [0.1, 0.15) is 30.4 Å². The van der Waals surface area contributed by atoms with E-state index in [-0.39, 0.29) is 18.5 Å². The molecule has 3 rings (SSSR count). The summed E-state index contributed by atoms with van der Waals surface area (Å²) in [6, 6.07) is 19.7. The predicted molar refractivity (Wildman–Crippen MR) is 110 cm³/mol. The Bertz CT molecular complexity index is 818. The Labute approximate surface area is 165 Å². The maximum Gasteiger partial charge on any atom is 0.317 e. The summed E-state index contributed by atoms with van der Waals surface area (Å²) < 4.78 is 0. The molecule has 28 heavy (non-hydrogen) atoms. The molecule has 1 aliphatic heterocycles. The highest BCUT2D eigenvalue weighted by Crippen LogP contribution is 2.22. The summed E-state index contributed by atoms with van der Waals surface area (Å²) in [5, 5.41) is 12.1. The first-order valence-corrected chi connectivity index (χ1v) is 9.67. The fourth-order valence-electron chi connectivity index (χ4n) is 3.46. The summed E-state index contributed by atoms with van der Waals surface area (Å²) >= 11 is 0. The maximum atomic E-state index is 12.7. The lowest BCUT2D eigenvalue weighted by Crippen LogP contribution is -2.47. The van der Waals surface area contributed by atoms with E-state index < -0.39 is 5.97 Å². The molecule has 2 N–H and O–H groups in total. The fraction of sp³-hybridized carbons (Fsp3) is 0.304. The molecule has 0 saturated carbocycles. The van der Waals surface area contributed by atoms with Crippen LogP contribution in [0, 0.1) is 0 Å². The molecule has 0 aliphatic carbocycles.